The van der Waals surface area contributed by atoms with Gasteiger partial charge in [-0.3, -0.25) is 4.79 Å². The highest BCUT2D eigenvalue weighted by atomic mass is 16.1. The summed E-state index contributed by atoms with van der Waals surface area (Å²) >= 11 is 0. The molecule has 27 heavy (non-hydrogen) atoms. The molecule has 3 aromatic rings. The summed E-state index contributed by atoms with van der Waals surface area (Å²) in [6.45, 7) is 1.04. The number of nitrogens with one attached hydrogen (secondary N) is 1. The Bertz CT molecular complexity index is 1000. The molecule has 2 aromatic carbocycles. The number of imidazole rings is 1. The molecular formula is C23H23N3O. The summed E-state index contributed by atoms with van der Waals surface area (Å²) in [5.74, 6) is 0.983. The second-order valence-corrected chi connectivity index (χ2v) is 7.55. The topological polar surface area (TPSA) is 46.9 Å². The second-order valence-electron chi connectivity index (χ2n) is 7.55. The molecule has 5 rings (SSSR count). The summed E-state index contributed by atoms with van der Waals surface area (Å²) in [6.07, 6.45) is 8.99. The van der Waals surface area contributed by atoms with Crippen LogP contribution in [0, 0.1) is 0 Å². The maximum atomic E-state index is 12.6. The van der Waals surface area contributed by atoms with Gasteiger partial charge in [-0.25, -0.2) is 4.98 Å². The van der Waals surface area contributed by atoms with Gasteiger partial charge in [0.15, 0.2) is 0 Å². The Balaban J connectivity index is 1.33. The van der Waals surface area contributed by atoms with Crippen molar-refractivity contribution in [2.24, 2.45) is 0 Å². The molecule has 1 aliphatic carbocycles. The molecule has 0 radical (unpaired) electrons. The minimum atomic E-state index is -0.0457. The Morgan fingerprint density at radius 3 is 2.67 bits per heavy atom. The lowest BCUT2D eigenvalue weighted by Gasteiger charge is -2.16. The van der Waals surface area contributed by atoms with Crippen LogP contribution in [-0.4, -0.2) is 15.5 Å². The first-order valence-electron chi connectivity index (χ1n) is 9.86. The Morgan fingerprint density at radius 2 is 1.78 bits per heavy atom. The number of amides is 1. The molecule has 4 heteroatoms. The van der Waals surface area contributed by atoms with Gasteiger partial charge in [0.25, 0.3) is 5.91 Å². The highest BCUT2D eigenvalue weighted by Gasteiger charge is 2.16. The summed E-state index contributed by atoms with van der Waals surface area (Å²) < 4.78 is 2.32. The Morgan fingerprint density at radius 1 is 0.926 bits per heavy atom. The number of fused-ring (bicyclic) bond motifs is 2. The van der Waals surface area contributed by atoms with Crippen LogP contribution in [0.15, 0.2) is 48.7 Å². The van der Waals surface area contributed by atoms with E-state index < -0.39 is 0 Å². The lowest BCUT2D eigenvalue weighted by molar-refractivity contribution is 0.102. The summed E-state index contributed by atoms with van der Waals surface area (Å²) in [6, 6.07) is 14.1. The van der Waals surface area contributed by atoms with Gasteiger partial charge in [-0.1, -0.05) is 6.07 Å². The third kappa shape index (κ3) is 3.05. The molecule has 1 amide bonds. The number of aromatic nitrogens is 2. The number of hydrogen-bond donors (Lipinski definition) is 1. The molecule has 0 atom stereocenters. The van der Waals surface area contributed by atoms with Crippen LogP contribution in [0.3, 0.4) is 0 Å². The monoisotopic (exact) mass is 357 g/mol. The maximum absolute atomic E-state index is 12.6. The van der Waals surface area contributed by atoms with E-state index in [4.69, 9.17) is 0 Å². The number of rotatable bonds is 3. The lowest BCUT2D eigenvalue weighted by atomic mass is 10.1. The maximum Gasteiger partial charge on any atom is 0.255 e. The average molecular weight is 357 g/mol. The van der Waals surface area contributed by atoms with Crippen LogP contribution in [0.25, 0.3) is 11.4 Å². The first kappa shape index (κ1) is 16.3. The standard InChI is InChI=1S/C23H23N3O/c27-23(19-8-7-16-4-3-5-18(16)14-19)25-20-11-9-17(10-12-20)22-24-15-21-6-1-2-13-26(21)22/h7-12,14-15H,1-6,13H2,(H,25,27). The van der Waals surface area contributed by atoms with Gasteiger partial charge in [0.2, 0.25) is 0 Å². The van der Waals surface area contributed by atoms with E-state index in [9.17, 15) is 4.79 Å². The van der Waals surface area contributed by atoms with Gasteiger partial charge < -0.3 is 9.88 Å². The van der Waals surface area contributed by atoms with Crippen molar-refractivity contribution in [2.75, 3.05) is 5.32 Å². The van der Waals surface area contributed by atoms with Gasteiger partial charge in [0.05, 0.1) is 0 Å². The second kappa shape index (κ2) is 6.69. The molecule has 0 saturated heterocycles. The molecule has 2 heterocycles. The Kier molecular flexibility index (Phi) is 4.04. The molecule has 1 aliphatic heterocycles. The van der Waals surface area contributed by atoms with Crippen molar-refractivity contribution in [3.63, 3.8) is 0 Å². The summed E-state index contributed by atoms with van der Waals surface area (Å²) in [7, 11) is 0. The Hall–Kier alpha value is -2.88. The van der Waals surface area contributed by atoms with E-state index in [2.05, 4.69) is 20.9 Å². The first-order valence-corrected chi connectivity index (χ1v) is 9.86. The lowest BCUT2D eigenvalue weighted by Crippen LogP contribution is -2.12. The van der Waals surface area contributed by atoms with Crippen molar-refractivity contribution < 1.29 is 4.79 Å². The van der Waals surface area contributed by atoms with Crippen molar-refractivity contribution >= 4 is 11.6 Å². The van der Waals surface area contributed by atoms with Crippen LogP contribution < -0.4 is 5.32 Å². The zero-order valence-electron chi connectivity index (χ0n) is 15.4. The zero-order valence-corrected chi connectivity index (χ0v) is 15.4. The highest BCUT2D eigenvalue weighted by Crippen LogP contribution is 2.26. The average Bonchev–Trinajstić information content (AvgIpc) is 3.35. The third-order valence-corrected chi connectivity index (χ3v) is 5.76. The molecule has 2 aliphatic rings. The van der Waals surface area contributed by atoms with E-state index >= 15 is 0 Å². The molecule has 1 aromatic heterocycles. The number of carbonyl (C=O) groups excluding carboxylic acids is 1. The summed E-state index contributed by atoms with van der Waals surface area (Å²) in [5.41, 5.74) is 6.68. The van der Waals surface area contributed by atoms with Crippen LogP contribution in [0.5, 0.6) is 0 Å². The minimum absolute atomic E-state index is 0.0457. The van der Waals surface area contributed by atoms with Crippen LogP contribution in [0.4, 0.5) is 5.69 Å². The highest BCUT2D eigenvalue weighted by molar-refractivity contribution is 6.04. The largest absolute Gasteiger partial charge is 0.328 e. The van der Waals surface area contributed by atoms with Gasteiger partial charge in [-0.15, -0.1) is 0 Å². The van der Waals surface area contributed by atoms with E-state index in [1.54, 1.807) is 0 Å². The quantitative estimate of drug-likeness (QED) is 0.743. The summed E-state index contributed by atoms with van der Waals surface area (Å²) in [5, 5.41) is 3.02. The number of nitrogens with zero attached hydrogens (tertiary/aromatic N) is 2. The molecule has 136 valence electrons. The fourth-order valence-electron chi connectivity index (χ4n) is 4.29. The molecule has 0 saturated carbocycles. The van der Waals surface area contributed by atoms with E-state index in [-0.39, 0.29) is 5.91 Å². The predicted octanol–water partition coefficient (Wildman–Crippen LogP) is 4.63. The van der Waals surface area contributed by atoms with Crippen molar-refractivity contribution in [2.45, 2.75) is 45.1 Å². The van der Waals surface area contributed by atoms with E-state index in [0.717, 1.165) is 48.4 Å². The van der Waals surface area contributed by atoms with Crippen molar-refractivity contribution in [3.05, 3.63) is 71.0 Å². The van der Waals surface area contributed by atoms with Crippen molar-refractivity contribution in [1.29, 1.82) is 0 Å². The van der Waals surface area contributed by atoms with Gasteiger partial charge in [-0.2, -0.15) is 0 Å². The predicted molar refractivity (Wildman–Crippen MR) is 107 cm³/mol. The van der Waals surface area contributed by atoms with E-state index in [1.165, 1.54) is 36.1 Å². The Labute approximate surface area is 159 Å². The molecule has 4 nitrogen and oxygen atoms in total. The SMILES string of the molecule is O=C(Nc1ccc(-c2ncc3n2CCCC3)cc1)c1ccc2c(c1)CCC2. The fraction of sp³-hybridized carbons (Fsp3) is 0.304. The van der Waals surface area contributed by atoms with Crippen molar-refractivity contribution in [1.82, 2.24) is 9.55 Å². The molecule has 0 fully saturated rings. The van der Waals surface area contributed by atoms with E-state index in [1.807, 2.05) is 42.6 Å². The fourth-order valence-corrected chi connectivity index (χ4v) is 4.29. The third-order valence-electron chi connectivity index (χ3n) is 5.76. The number of aryl methyl sites for hydroxylation is 3. The molecule has 0 unspecified atom stereocenters. The molecular weight excluding hydrogens is 334 g/mol. The number of carbonyl (C=O) groups is 1. The van der Waals surface area contributed by atoms with Gasteiger partial charge in [0, 0.05) is 35.2 Å². The molecule has 0 bridgehead atoms. The van der Waals surface area contributed by atoms with E-state index in [0.29, 0.717) is 0 Å². The van der Waals surface area contributed by atoms with Crippen LogP contribution in [0.1, 0.15) is 46.4 Å². The number of benzene rings is 2. The molecule has 0 spiro atoms. The number of hydrogen-bond acceptors (Lipinski definition) is 2. The van der Waals surface area contributed by atoms with Gasteiger partial charge in [0.1, 0.15) is 5.82 Å². The normalized spacial score (nSPS) is 15.3. The first-order chi connectivity index (χ1) is 13.3. The van der Waals surface area contributed by atoms with Gasteiger partial charge >= 0.3 is 0 Å². The number of anilines is 1. The summed E-state index contributed by atoms with van der Waals surface area (Å²) in [4.78, 5) is 17.2. The van der Waals surface area contributed by atoms with Crippen LogP contribution in [-0.2, 0) is 25.8 Å². The van der Waals surface area contributed by atoms with Crippen molar-refractivity contribution in [3.8, 4) is 11.4 Å². The zero-order chi connectivity index (χ0) is 18.2. The van der Waals surface area contributed by atoms with Crippen LogP contribution in [0.2, 0.25) is 0 Å². The van der Waals surface area contributed by atoms with Crippen LogP contribution >= 0.6 is 0 Å². The van der Waals surface area contributed by atoms with Gasteiger partial charge in [-0.05, 0) is 86.1 Å². The minimum Gasteiger partial charge on any atom is -0.328 e. The molecule has 1 N–H and O–H groups in total. The smallest absolute Gasteiger partial charge is 0.255 e.